The number of piperidine rings is 1. The summed E-state index contributed by atoms with van der Waals surface area (Å²) in [5, 5.41) is 0.301. The van der Waals surface area contributed by atoms with Gasteiger partial charge in [-0.05, 0) is 38.0 Å². The van der Waals surface area contributed by atoms with E-state index in [-0.39, 0.29) is 23.1 Å². The van der Waals surface area contributed by atoms with Crippen LogP contribution in [-0.2, 0) is 16.4 Å². The van der Waals surface area contributed by atoms with Gasteiger partial charge in [0.2, 0.25) is 0 Å². The van der Waals surface area contributed by atoms with Crippen molar-refractivity contribution in [1.29, 1.82) is 0 Å². The molecular weight excluding hydrogens is 464 g/mol. The maximum Gasteiger partial charge on any atom is 0.260 e. The van der Waals surface area contributed by atoms with Crippen LogP contribution >= 0.6 is 11.6 Å². The van der Waals surface area contributed by atoms with Gasteiger partial charge >= 0.3 is 0 Å². The second-order valence-corrected chi connectivity index (χ2v) is 10.8. The molecular formula is C23H25ClN4O4S. The first-order chi connectivity index (χ1) is 15.7. The molecule has 0 unspecified atom stereocenters. The summed E-state index contributed by atoms with van der Waals surface area (Å²) in [7, 11) is -3.40. The highest BCUT2D eigenvalue weighted by molar-refractivity contribution is 7.91. The van der Waals surface area contributed by atoms with Crippen LogP contribution in [0.5, 0.6) is 0 Å². The van der Waals surface area contributed by atoms with Crippen molar-refractivity contribution in [2.75, 3.05) is 18.8 Å². The average molecular weight is 489 g/mol. The highest BCUT2D eigenvalue weighted by Crippen LogP contribution is 2.28. The molecule has 0 saturated carbocycles. The Morgan fingerprint density at radius 1 is 1.21 bits per heavy atom. The van der Waals surface area contributed by atoms with Crippen LogP contribution in [0.15, 0.2) is 58.6 Å². The van der Waals surface area contributed by atoms with Crippen molar-refractivity contribution < 1.29 is 13.2 Å². The van der Waals surface area contributed by atoms with Crippen LogP contribution in [0.3, 0.4) is 0 Å². The molecule has 33 heavy (non-hydrogen) atoms. The molecule has 1 aromatic carbocycles. The van der Waals surface area contributed by atoms with E-state index < -0.39 is 15.4 Å². The minimum atomic E-state index is -3.40. The molecule has 1 fully saturated rings. The molecule has 2 aromatic heterocycles. The van der Waals surface area contributed by atoms with E-state index in [0.717, 1.165) is 11.4 Å². The Morgan fingerprint density at radius 2 is 1.91 bits per heavy atom. The minimum absolute atomic E-state index is 0.0195. The maximum absolute atomic E-state index is 12.8. The van der Waals surface area contributed by atoms with E-state index in [4.69, 9.17) is 11.6 Å². The van der Waals surface area contributed by atoms with Gasteiger partial charge in [-0.25, -0.2) is 13.4 Å². The molecule has 4 rings (SSSR count). The Bertz CT molecular complexity index is 1310. The predicted molar refractivity (Wildman–Crippen MR) is 125 cm³/mol. The van der Waals surface area contributed by atoms with Gasteiger partial charge in [0, 0.05) is 44.1 Å². The summed E-state index contributed by atoms with van der Waals surface area (Å²) in [5.41, 5.74) is 0.580. The Balaban J connectivity index is 1.40. The van der Waals surface area contributed by atoms with Crippen molar-refractivity contribution in [1.82, 2.24) is 19.4 Å². The number of hydrogen-bond acceptors (Lipinski definition) is 5. The van der Waals surface area contributed by atoms with E-state index in [0.29, 0.717) is 42.4 Å². The molecule has 0 atom stereocenters. The van der Waals surface area contributed by atoms with E-state index >= 15 is 0 Å². The fourth-order valence-corrected chi connectivity index (χ4v) is 5.47. The number of imidazole rings is 1. The van der Waals surface area contributed by atoms with E-state index in [2.05, 4.69) is 9.97 Å². The lowest BCUT2D eigenvalue weighted by Crippen LogP contribution is -2.40. The summed E-state index contributed by atoms with van der Waals surface area (Å²) in [6.45, 7) is 3.18. The average Bonchev–Trinajstić information content (AvgIpc) is 3.28. The third-order valence-corrected chi connectivity index (χ3v) is 7.90. The smallest absolute Gasteiger partial charge is 0.260 e. The first kappa shape index (κ1) is 23.3. The van der Waals surface area contributed by atoms with Crippen LogP contribution in [0, 0.1) is 6.92 Å². The molecule has 0 aliphatic carbocycles. The number of aromatic nitrogens is 3. The molecule has 0 radical (unpaired) electrons. The summed E-state index contributed by atoms with van der Waals surface area (Å²) < 4.78 is 27.3. The topological polar surface area (TPSA) is 105 Å². The largest absolute Gasteiger partial charge is 0.338 e. The zero-order chi connectivity index (χ0) is 23.6. The zero-order valence-corrected chi connectivity index (χ0v) is 19.8. The number of halogens is 1. The van der Waals surface area contributed by atoms with Crippen molar-refractivity contribution >= 4 is 27.3 Å². The van der Waals surface area contributed by atoms with E-state index in [1.165, 1.54) is 12.3 Å². The predicted octanol–water partition coefficient (Wildman–Crippen LogP) is 3.03. The first-order valence-electron chi connectivity index (χ1n) is 10.7. The highest BCUT2D eigenvalue weighted by atomic mass is 35.5. The minimum Gasteiger partial charge on any atom is -0.338 e. The van der Waals surface area contributed by atoms with Gasteiger partial charge in [0.1, 0.15) is 11.4 Å². The van der Waals surface area contributed by atoms with Gasteiger partial charge in [0.05, 0.1) is 15.7 Å². The van der Waals surface area contributed by atoms with Gasteiger partial charge in [-0.1, -0.05) is 29.3 Å². The number of sulfone groups is 1. The summed E-state index contributed by atoms with van der Waals surface area (Å²) in [5.74, 6) is 0.559. The van der Waals surface area contributed by atoms with Gasteiger partial charge in [-0.3, -0.25) is 9.59 Å². The van der Waals surface area contributed by atoms with Crippen molar-refractivity contribution in [3.05, 3.63) is 81.3 Å². The molecule has 0 bridgehead atoms. The van der Waals surface area contributed by atoms with Gasteiger partial charge in [0.15, 0.2) is 9.84 Å². The Labute approximate surface area is 197 Å². The van der Waals surface area contributed by atoms with E-state index in [1.54, 1.807) is 41.6 Å². The molecule has 1 saturated heterocycles. The Kier molecular flexibility index (Phi) is 6.71. The monoisotopic (exact) mass is 488 g/mol. The number of H-pyrrole nitrogens is 1. The number of amides is 1. The van der Waals surface area contributed by atoms with Gasteiger partial charge in [0.25, 0.3) is 11.5 Å². The fraction of sp³-hybridized carbons (Fsp3) is 0.348. The van der Waals surface area contributed by atoms with Crippen molar-refractivity contribution in [2.24, 2.45) is 0 Å². The van der Waals surface area contributed by atoms with Gasteiger partial charge < -0.3 is 14.5 Å². The Morgan fingerprint density at radius 3 is 2.61 bits per heavy atom. The second kappa shape index (κ2) is 9.52. The number of pyridine rings is 1. The van der Waals surface area contributed by atoms with Gasteiger partial charge in [-0.2, -0.15) is 0 Å². The van der Waals surface area contributed by atoms with Crippen LogP contribution in [0.4, 0.5) is 0 Å². The number of aryl methyl sites for hydroxylation is 2. The number of likely N-dealkylation sites (tertiary alicyclic amines) is 1. The summed E-state index contributed by atoms with van der Waals surface area (Å²) in [4.78, 5) is 33.7. The van der Waals surface area contributed by atoms with E-state index in [1.807, 2.05) is 11.5 Å². The van der Waals surface area contributed by atoms with Crippen LogP contribution in [0.2, 0.25) is 5.02 Å². The second-order valence-electron chi connectivity index (χ2n) is 8.24. The number of nitrogens with zero attached hydrogens (tertiary/aromatic N) is 3. The molecule has 10 heteroatoms. The van der Waals surface area contributed by atoms with Crippen LogP contribution in [0.25, 0.3) is 0 Å². The van der Waals surface area contributed by atoms with Crippen molar-refractivity contribution in [3.8, 4) is 0 Å². The van der Waals surface area contributed by atoms with Crippen LogP contribution in [-0.4, -0.2) is 52.6 Å². The first-order valence-corrected chi connectivity index (χ1v) is 12.8. The highest BCUT2D eigenvalue weighted by Gasteiger charge is 2.28. The number of nitrogens with one attached hydrogen (secondary N) is 1. The molecule has 174 valence electrons. The van der Waals surface area contributed by atoms with E-state index in [9.17, 15) is 18.0 Å². The third kappa shape index (κ3) is 5.20. The summed E-state index contributed by atoms with van der Waals surface area (Å²) >= 11 is 5.92. The molecule has 1 N–H and O–H groups in total. The standard InChI is InChI=1S/C23H25ClN4O4S/c1-16-2-4-19(5-3-16)33(31,32)13-12-27-11-8-25-21(27)17-6-9-28(10-7-17)23(30)20-14-18(24)15-26-22(20)29/h2-5,8,11,14-15,17H,6-7,9-10,12-13H2,1H3,(H,26,29). The molecule has 8 nitrogen and oxygen atoms in total. The number of benzene rings is 1. The Hall–Kier alpha value is -2.91. The van der Waals surface area contributed by atoms with Crippen molar-refractivity contribution in [3.63, 3.8) is 0 Å². The number of rotatable bonds is 6. The lowest BCUT2D eigenvalue weighted by atomic mass is 9.95. The lowest BCUT2D eigenvalue weighted by molar-refractivity contribution is 0.0708. The number of aromatic amines is 1. The van der Waals surface area contributed by atoms with Gasteiger partial charge in [-0.15, -0.1) is 0 Å². The van der Waals surface area contributed by atoms with Crippen molar-refractivity contribution in [2.45, 2.75) is 37.1 Å². The summed E-state index contributed by atoms with van der Waals surface area (Å²) in [6, 6.07) is 8.24. The molecule has 3 heterocycles. The normalized spacial score (nSPS) is 15.0. The third-order valence-electron chi connectivity index (χ3n) is 5.97. The molecule has 1 aliphatic rings. The number of carbonyl (C=O) groups excluding carboxylic acids is 1. The maximum atomic E-state index is 12.8. The lowest BCUT2D eigenvalue weighted by Gasteiger charge is -2.31. The molecule has 1 aliphatic heterocycles. The molecule has 0 spiro atoms. The fourth-order valence-electron chi connectivity index (χ4n) is 4.08. The van der Waals surface area contributed by atoms with Crippen LogP contribution in [0.1, 0.15) is 40.5 Å². The SMILES string of the molecule is Cc1ccc(S(=O)(=O)CCn2ccnc2C2CCN(C(=O)c3cc(Cl)c[nH]c3=O)CC2)cc1. The summed E-state index contributed by atoms with van der Waals surface area (Å²) in [6.07, 6.45) is 6.17. The molecule has 3 aromatic rings. The quantitative estimate of drug-likeness (QED) is 0.574. The number of hydrogen-bond donors (Lipinski definition) is 1. The van der Waals surface area contributed by atoms with Crippen LogP contribution < -0.4 is 5.56 Å². The zero-order valence-electron chi connectivity index (χ0n) is 18.2. The number of carbonyl (C=O) groups is 1. The molecule has 1 amide bonds.